The van der Waals surface area contributed by atoms with Crippen LogP contribution in [-0.2, 0) is 9.53 Å². The van der Waals surface area contributed by atoms with Gasteiger partial charge in [0.2, 0.25) is 5.91 Å². The number of ether oxygens (including phenoxy) is 1. The van der Waals surface area contributed by atoms with Gasteiger partial charge in [0, 0.05) is 0 Å². The molecule has 1 fully saturated rings. The molecule has 4 N–H and O–H groups in total. The summed E-state index contributed by atoms with van der Waals surface area (Å²) in [7, 11) is 0. The number of nitrogens with two attached hydrogens (primary N) is 1. The van der Waals surface area contributed by atoms with Crippen molar-refractivity contribution in [2.75, 3.05) is 0 Å². The van der Waals surface area contributed by atoms with Crippen molar-refractivity contribution in [1.82, 2.24) is 10.9 Å². The van der Waals surface area contributed by atoms with Crippen LogP contribution in [0.1, 0.15) is 20.8 Å². The normalized spacial score (nSPS) is 34.9. The molecule has 3 amide bonds. The van der Waals surface area contributed by atoms with Crippen molar-refractivity contribution in [2.45, 2.75) is 33.0 Å². The highest BCUT2D eigenvalue weighted by atomic mass is 16.5. The van der Waals surface area contributed by atoms with E-state index in [2.05, 4.69) is 10.9 Å². The van der Waals surface area contributed by atoms with Crippen LogP contribution in [0.25, 0.3) is 0 Å². The van der Waals surface area contributed by atoms with E-state index >= 15 is 0 Å². The summed E-state index contributed by atoms with van der Waals surface area (Å²) in [5, 5.41) is 0. The van der Waals surface area contributed by atoms with Crippen molar-refractivity contribution in [3.05, 3.63) is 0 Å². The van der Waals surface area contributed by atoms with E-state index in [1.54, 1.807) is 0 Å². The first kappa shape index (κ1) is 11.8. The monoisotopic (exact) mass is 215 g/mol. The molecule has 0 radical (unpaired) electrons. The molecule has 0 bridgehead atoms. The molecule has 0 saturated carbocycles. The maximum absolute atomic E-state index is 11.7. The van der Waals surface area contributed by atoms with Crippen LogP contribution in [0.4, 0.5) is 4.79 Å². The molecule has 1 rings (SSSR count). The summed E-state index contributed by atoms with van der Waals surface area (Å²) in [6.45, 7) is 5.72. The lowest BCUT2D eigenvalue weighted by Crippen LogP contribution is -2.49. The van der Waals surface area contributed by atoms with Gasteiger partial charge in [0.05, 0.1) is 18.1 Å². The summed E-state index contributed by atoms with van der Waals surface area (Å²) in [5.41, 5.74) is 9.16. The van der Waals surface area contributed by atoms with Crippen molar-refractivity contribution in [2.24, 2.45) is 17.6 Å². The van der Waals surface area contributed by atoms with Gasteiger partial charge < -0.3 is 10.5 Å². The quantitative estimate of drug-likeness (QED) is 0.526. The lowest BCUT2D eigenvalue weighted by atomic mass is 9.89. The number of rotatable bonds is 1. The Kier molecular flexibility index (Phi) is 3.52. The SMILES string of the molecule is CC1OC(C)C(C(=O)NNC(N)=O)C1C. The van der Waals surface area contributed by atoms with Gasteiger partial charge in [-0.2, -0.15) is 0 Å². The van der Waals surface area contributed by atoms with Crippen LogP contribution in [0.2, 0.25) is 0 Å². The van der Waals surface area contributed by atoms with Gasteiger partial charge in [-0.25, -0.2) is 10.2 Å². The predicted octanol–water partition coefficient (Wildman–Crippen LogP) is -0.255. The second-order valence-electron chi connectivity index (χ2n) is 3.91. The fourth-order valence-electron chi connectivity index (χ4n) is 1.93. The number of primary amides is 1. The van der Waals surface area contributed by atoms with E-state index in [4.69, 9.17) is 10.5 Å². The Morgan fingerprint density at radius 1 is 1.13 bits per heavy atom. The van der Waals surface area contributed by atoms with Gasteiger partial charge >= 0.3 is 6.03 Å². The Hall–Kier alpha value is -1.30. The van der Waals surface area contributed by atoms with E-state index in [-0.39, 0.29) is 30.0 Å². The summed E-state index contributed by atoms with van der Waals surface area (Å²) < 4.78 is 5.51. The molecule has 4 atom stereocenters. The number of amides is 3. The third-order valence-corrected chi connectivity index (χ3v) is 2.85. The zero-order valence-corrected chi connectivity index (χ0v) is 9.11. The lowest BCUT2D eigenvalue weighted by Gasteiger charge is -2.17. The smallest absolute Gasteiger partial charge is 0.330 e. The minimum Gasteiger partial charge on any atom is -0.374 e. The Morgan fingerprint density at radius 2 is 1.73 bits per heavy atom. The van der Waals surface area contributed by atoms with Crippen molar-refractivity contribution in [1.29, 1.82) is 0 Å². The average molecular weight is 215 g/mol. The molecule has 0 aromatic carbocycles. The molecule has 1 heterocycles. The number of nitrogens with one attached hydrogen (secondary N) is 2. The minimum absolute atomic E-state index is 0.0457. The number of hydrazine groups is 1. The first-order valence-electron chi connectivity index (χ1n) is 4.94. The Balaban J connectivity index is 2.55. The van der Waals surface area contributed by atoms with E-state index in [9.17, 15) is 9.59 Å². The van der Waals surface area contributed by atoms with E-state index in [0.29, 0.717) is 0 Å². The van der Waals surface area contributed by atoms with Gasteiger partial charge in [-0.15, -0.1) is 0 Å². The van der Waals surface area contributed by atoms with Gasteiger partial charge in [-0.3, -0.25) is 10.2 Å². The molecule has 0 aliphatic carbocycles. The first-order chi connectivity index (χ1) is 6.93. The molecule has 0 aromatic heterocycles. The molecule has 6 heteroatoms. The predicted molar refractivity (Wildman–Crippen MR) is 53.5 cm³/mol. The van der Waals surface area contributed by atoms with Gasteiger partial charge in [0.25, 0.3) is 0 Å². The van der Waals surface area contributed by atoms with Crippen molar-refractivity contribution >= 4 is 11.9 Å². The highest BCUT2D eigenvalue weighted by Gasteiger charge is 2.41. The van der Waals surface area contributed by atoms with E-state index < -0.39 is 6.03 Å². The summed E-state index contributed by atoms with van der Waals surface area (Å²) in [6.07, 6.45) is -0.103. The number of carbonyl (C=O) groups is 2. The molecule has 1 saturated heterocycles. The second-order valence-corrected chi connectivity index (χ2v) is 3.91. The third kappa shape index (κ3) is 2.59. The summed E-state index contributed by atoms with van der Waals surface area (Å²) in [5.74, 6) is -0.403. The topological polar surface area (TPSA) is 93.4 Å². The number of hydrogen-bond acceptors (Lipinski definition) is 3. The zero-order valence-electron chi connectivity index (χ0n) is 9.11. The molecule has 6 nitrogen and oxygen atoms in total. The highest BCUT2D eigenvalue weighted by molar-refractivity contribution is 5.82. The van der Waals surface area contributed by atoms with Gasteiger partial charge in [-0.05, 0) is 19.8 Å². The maximum atomic E-state index is 11.7. The second kappa shape index (κ2) is 4.48. The van der Waals surface area contributed by atoms with Gasteiger partial charge in [0.1, 0.15) is 0 Å². The number of hydrogen-bond donors (Lipinski definition) is 3. The molecule has 4 unspecified atom stereocenters. The van der Waals surface area contributed by atoms with Crippen LogP contribution in [-0.4, -0.2) is 24.1 Å². The first-order valence-corrected chi connectivity index (χ1v) is 4.94. The standard InChI is InChI=1S/C9H17N3O3/c1-4-5(2)15-6(3)7(4)8(13)11-12-9(10)14/h4-7H,1-3H3,(H,11,13)(H3,10,12,14). The summed E-state index contributed by atoms with van der Waals surface area (Å²) >= 11 is 0. The average Bonchev–Trinajstić information content (AvgIpc) is 2.37. The van der Waals surface area contributed by atoms with Crippen LogP contribution in [0.5, 0.6) is 0 Å². The van der Waals surface area contributed by atoms with Crippen LogP contribution in [0.15, 0.2) is 0 Å². The third-order valence-electron chi connectivity index (χ3n) is 2.85. The van der Waals surface area contributed by atoms with Gasteiger partial charge in [-0.1, -0.05) is 6.92 Å². The van der Waals surface area contributed by atoms with E-state index in [0.717, 1.165) is 0 Å². The van der Waals surface area contributed by atoms with Crippen LogP contribution in [0.3, 0.4) is 0 Å². The summed E-state index contributed by atoms with van der Waals surface area (Å²) in [4.78, 5) is 22.1. The Bertz CT molecular complexity index is 269. The van der Waals surface area contributed by atoms with Crippen LogP contribution >= 0.6 is 0 Å². The Morgan fingerprint density at radius 3 is 2.13 bits per heavy atom. The van der Waals surface area contributed by atoms with Crippen molar-refractivity contribution in [3.63, 3.8) is 0 Å². The molecule has 86 valence electrons. The Labute approximate surface area is 88.5 Å². The van der Waals surface area contributed by atoms with Crippen LogP contribution in [0, 0.1) is 11.8 Å². The fourth-order valence-corrected chi connectivity index (χ4v) is 1.93. The minimum atomic E-state index is -0.782. The molecular weight excluding hydrogens is 198 g/mol. The maximum Gasteiger partial charge on any atom is 0.330 e. The van der Waals surface area contributed by atoms with Crippen molar-refractivity contribution in [3.8, 4) is 0 Å². The van der Waals surface area contributed by atoms with Crippen LogP contribution < -0.4 is 16.6 Å². The molecule has 0 spiro atoms. The molecule has 1 aliphatic heterocycles. The molecule has 15 heavy (non-hydrogen) atoms. The zero-order chi connectivity index (χ0) is 11.6. The van der Waals surface area contributed by atoms with Gasteiger partial charge in [0.15, 0.2) is 0 Å². The van der Waals surface area contributed by atoms with Crippen molar-refractivity contribution < 1.29 is 14.3 Å². The highest BCUT2D eigenvalue weighted by Crippen LogP contribution is 2.31. The molecule has 1 aliphatic rings. The van der Waals surface area contributed by atoms with E-state index in [1.165, 1.54) is 0 Å². The number of urea groups is 1. The largest absolute Gasteiger partial charge is 0.374 e. The lowest BCUT2D eigenvalue weighted by molar-refractivity contribution is -0.127. The fraction of sp³-hybridized carbons (Fsp3) is 0.778. The molecular formula is C9H17N3O3. The number of carbonyl (C=O) groups excluding carboxylic acids is 2. The summed E-state index contributed by atoms with van der Waals surface area (Å²) in [6, 6.07) is -0.782. The van der Waals surface area contributed by atoms with E-state index in [1.807, 2.05) is 20.8 Å². The molecule has 0 aromatic rings.